The molecule has 0 aliphatic rings. The zero-order valence-electron chi connectivity index (χ0n) is 10.1. The predicted octanol–water partition coefficient (Wildman–Crippen LogP) is 1.95. The normalized spacial score (nSPS) is 11.7. The maximum atomic E-state index is 10.5. The number of carboxylic acid groups (broad SMARTS) is 1. The fourth-order valence-corrected chi connectivity index (χ4v) is 1.45. The first-order chi connectivity index (χ1) is 8.08. The monoisotopic (exact) mass is 240 g/mol. The third-order valence-corrected chi connectivity index (χ3v) is 2.16. The molecule has 0 saturated heterocycles. The standard InChI is InChI=1S/C12H16O5/c1-8(7-11(13)14)17-10-6-4-5-9(15-2)12(10)16-3/h4-6,8H,7H2,1-3H3,(H,13,14). The van der Waals surface area contributed by atoms with Crippen molar-refractivity contribution >= 4 is 5.97 Å². The number of hydrogen-bond donors (Lipinski definition) is 1. The summed E-state index contributed by atoms with van der Waals surface area (Å²) < 4.78 is 15.8. The van der Waals surface area contributed by atoms with Crippen molar-refractivity contribution in [1.82, 2.24) is 0 Å². The molecule has 0 aliphatic carbocycles. The number of carbonyl (C=O) groups is 1. The molecule has 0 spiro atoms. The number of rotatable bonds is 6. The maximum absolute atomic E-state index is 10.5. The van der Waals surface area contributed by atoms with E-state index in [1.54, 1.807) is 25.1 Å². The van der Waals surface area contributed by atoms with Gasteiger partial charge in [-0.3, -0.25) is 4.79 Å². The molecule has 1 N–H and O–H groups in total. The number of aliphatic carboxylic acids is 1. The summed E-state index contributed by atoms with van der Waals surface area (Å²) in [5, 5.41) is 8.65. The quantitative estimate of drug-likeness (QED) is 0.823. The molecule has 5 heteroatoms. The van der Waals surface area contributed by atoms with Crippen LogP contribution in [0.1, 0.15) is 13.3 Å². The van der Waals surface area contributed by atoms with E-state index in [2.05, 4.69) is 0 Å². The molecule has 0 heterocycles. The summed E-state index contributed by atoms with van der Waals surface area (Å²) in [5.74, 6) is 0.583. The van der Waals surface area contributed by atoms with Crippen molar-refractivity contribution < 1.29 is 24.1 Å². The number of methoxy groups -OCH3 is 2. The highest BCUT2D eigenvalue weighted by Gasteiger charge is 2.15. The zero-order chi connectivity index (χ0) is 12.8. The van der Waals surface area contributed by atoms with Gasteiger partial charge in [0.15, 0.2) is 11.5 Å². The van der Waals surface area contributed by atoms with Gasteiger partial charge in [0.2, 0.25) is 5.75 Å². The van der Waals surface area contributed by atoms with E-state index in [0.717, 1.165) is 0 Å². The van der Waals surface area contributed by atoms with Gasteiger partial charge in [-0.15, -0.1) is 0 Å². The van der Waals surface area contributed by atoms with Gasteiger partial charge in [-0.1, -0.05) is 6.07 Å². The van der Waals surface area contributed by atoms with Crippen LogP contribution in [-0.2, 0) is 4.79 Å². The summed E-state index contributed by atoms with van der Waals surface area (Å²) >= 11 is 0. The summed E-state index contributed by atoms with van der Waals surface area (Å²) in [4.78, 5) is 10.5. The predicted molar refractivity (Wildman–Crippen MR) is 61.9 cm³/mol. The minimum Gasteiger partial charge on any atom is -0.493 e. The SMILES string of the molecule is COc1cccc(OC(C)CC(=O)O)c1OC. The Morgan fingerprint density at radius 1 is 1.29 bits per heavy atom. The van der Waals surface area contributed by atoms with Crippen molar-refractivity contribution in [3.8, 4) is 17.2 Å². The van der Waals surface area contributed by atoms with E-state index in [1.165, 1.54) is 14.2 Å². The van der Waals surface area contributed by atoms with Crippen LogP contribution in [0.25, 0.3) is 0 Å². The third kappa shape index (κ3) is 3.55. The van der Waals surface area contributed by atoms with Crippen molar-refractivity contribution in [2.75, 3.05) is 14.2 Å². The molecular formula is C12H16O5. The first-order valence-corrected chi connectivity index (χ1v) is 5.18. The fraction of sp³-hybridized carbons (Fsp3) is 0.417. The second-order valence-corrected chi connectivity index (χ2v) is 3.52. The number of carboxylic acids is 1. The zero-order valence-corrected chi connectivity index (χ0v) is 10.1. The Kier molecular flexibility index (Phi) is 4.63. The smallest absolute Gasteiger partial charge is 0.307 e. The Hall–Kier alpha value is -1.91. The molecule has 1 aromatic rings. The van der Waals surface area contributed by atoms with Crippen LogP contribution in [0.5, 0.6) is 17.2 Å². The van der Waals surface area contributed by atoms with Gasteiger partial charge in [0.25, 0.3) is 0 Å². The van der Waals surface area contributed by atoms with E-state index in [9.17, 15) is 4.79 Å². The van der Waals surface area contributed by atoms with E-state index >= 15 is 0 Å². The van der Waals surface area contributed by atoms with E-state index in [4.69, 9.17) is 19.3 Å². The van der Waals surface area contributed by atoms with Crippen LogP contribution in [0.15, 0.2) is 18.2 Å². The lowest BCUT2D eigenvalue weighted by molar-refractivity contribution is -0.138. The molecule has 0 aromatic heterocycles. The van der Waals surface area contributed by atoms with E-state index < -0.39 is 12.1 Å². The summed E-state index contributed by atoms with van der Waals surface area (Å²) in [6, 6.07) is 5.21. The summed E-state index contributed by atoms with van der Waals surface area (Å²) in [6.07, 6.45) is -0.506. The van der Waals surface area contributed by atoms with Crippen LogP contribution in [0.2, 0.25) is 0 Å². The molecule has 0 fully saturated rings. The molecule has 5 nitrogen and oxygen atoms in total. The van der Waals surface area contributed by atoms with Crippen LogP contribution in [-0.4, -0.2) is 31.4 Å². The van der Waals surface area contributed by atoms with Crippen LogP contribution in [0.3, 0.4) is 0 Å². The van der Waals surface area contributed by atoms with Crippen LogP contribution >= 0.6 is 0 Å². The Labute approximate surface area is 99.9 Å². The summed E-state index contributed by atoms with van der Waals surface area (Å²) in [6.45, 7) is 1.69. The average molecular weight is 240 g/mol. The Morgan fingerprint density at radius 2 is 1.94 bits per heavy atom. The molecule has 1 atom stereocenters. The lowest BCUT2D eigenvalue weighted by atomic mass is 10.2. The Morgan fingerprint density at radius 3 is 2.47 bits per heavy atom. The largest absolute Gasteiger partial charge is 0.493 e. The van der Waals surface area contributed by atoms with Crippen molar-refractivity contribution in [1.29, 1.82) is 0 Å². The second kappa shape index (κ2) is 5.98. The first kappa shape index (κ1) is 13.2. The molecule has 0 bridgehead atoms. The molecule has 1 aromatic carbocycles. The number of para-hydroxylation sites is 1. The van der Waals surface area contributed by atoms with E-state index in [1.807, 2.05) is 0 Å². The van der Waals surface area contributed by atoms with Gasteiger partial charge in [-0.05, 0) is 19.1 Å². The highest BCUT2D eigenvalue weighted by molar-refractivity contribution is 5.67. The molecule has 1 unspecified atom stereocenters. The second-order valence-electron chi connectivity index (χ2n) is 3.52. The number of benzene rings is 1. The maximum Gasteiger partial charge on any atom is 0.307 e. The van der Waals surface area contributed by atoms with Gasteiger partial charge in [-0.2, -0.15) is 0 Å². The molecule has 94 valence electrons. The van der Waals surface area contributed by atoms with Gasteiger partial charge in [0.1, 0.15) is 6.10 Å². The fourth-order valence-electron chi connectivity index (χ4n) is 1.45. The lowest BCUT2D eigenvalue weighted by Gasteiger charge is -2.16. The molecule has 0 amide bonds. The van der Waals surface area contributed by atoms with Crippen molar-refractivity contribution in [3.63, 3.8) is 0 Å². The highest BCUT2D eigenvalue weighted by atomic mass is 16.5. The van der Waals surface area contributed by atoms with Crippen molar-refractivity contribution in [2.24, 2.45) is 0 Å². The molecule has 17 heavy (non-hydrogen) atoms. The molecule has 0 aliphatic heterocycles. The topological polar surface area (TPSA) is 65.0 Å². The minimum absolute atomic E-state index is 0.0691. The number of ether oxygens (including phenoxy) is 3. The first-order valence-electron chi connectivity index (χ1n) is 5.18. The minimum atomic E-state index is -0.903. The number of hydrogen-bond acceptors (Lipinski definition) is 4. The third-order valence-electron chi connectivity index (χ3n) is 2.16. The van der Waals surface area contributed by atoms with Crippen LogP contribution in [0, 0.1) is 0 Å². The Bertz CT molecular complexity index is 388. The summed E-state index contributed by atoms with van der Waals surface area (Å²) in [7, 11) is 3.04. The average Bonchev–Trinajstić information content (AvgIpc) is 2.27. The van der Waals surface area contributed by atoms with Crippen LogP contribution < -0.4 is 14.2 Å². The molecule has 0 saturated carbocycles. The van der Waals surface area contributed by atoms with Crippen LogP contribution in [0.4, 0.5) is 0 Å². The molecular weight excluding hydrogens is 224 g/mol. The lowest BCUT2D eigenvalue weighted by Crippen LogP contribution is -2.17. The van der Waals surface area contributed by atoms with E-state index in [0.29, 0.717) is 17.2 Å². The van der Waals surface area contributed by atoms with Crippen molar-refractivity contribution in [3.05, 3.63) is 18.2 Å². The van der Waals surface area contributed by atoms with Gasteiger partial charge < -0.3 is 19.3 Å². The van der Waals surface area contributed by atoms with Gasteiger partial charge in [-0.25, -0.2) is 0 Å². The van der Waals surface area contributed by atoms with Crippen molar-refractivity contribution in [2.45, 2.75) is 19.4 Å². The van der Waals surface area contributed by atoms with Gasteiger partial charge >= 0.3 is 5.97 Å². The highest BCUT2D eigenvalue weighted by Crippen LogP contribution is 2.37. The Balaban J connectivity index is 2.86. The van der Waals surface area contributed by atoms with Gasteiger partial charge in [0.05, 0.1) is 20.6 Å². The van der Waals surface area contributed by atoms with Gasteiger partial charge in [0, 0.05) is 0 Å². The molecule has 1 rings (SSSR count). The molecule has 0 radical (unpaired) electrons. The summed E-state index contributed by atoms with van der Waals surface area (Å²) in [5.41, 5.74) is 0. The van der Waals surface area contributed by atoms with E-state index in [-0.39, 0.29) is 6.42 Å².